The Morgan fingerprint density at radius 2 is 2.04 bits per heavy atom. The Bertz CT molecular complexity index is 688. The van der Waals surface area contributed by atoms with Crippen molar-refractivity contribution in [2.45, 2.75) is 26.8 Å². The van der Waals surface area contributed by atoms with Gasteiger partial charge in [-0.25, -0.2) is 0 Å². The Balaban J connectivity index is 1.65. The fourth-order valence-electron chi connectivity index (χ4n) is 2.27. The minimum atomic E-state index is -0.317. The van der Waals surface area contributed by atoms with Crippen molar-refractivity contribution < 1.29 is 9.59 Å². The molecule has 8 nitrogen and oxygen atoms in total. The number of aryl methyl sites for hydroxylation is 4. The molecule has 2 heterocycles. The van der Waals surface area contributed by atoms with Gasteiger partial charge in [-0.1, -0.05) is 0 Å². The van der Waals surface area contributed by atoms with Crippen LogP contribution in [0.15, 0.2) is 18.3 Å². The van der Waals surface area contributed by atoms with Gasteiger partial charge >= 0.3 is 0 Å². The first kappa shape index (κ1) is 16.7. The number of hydrogen-bond donors (Lipinski definition) is 2. The highest BCUT2D eigenvalue weighted by atomic mass is 16.2. The molecule has 0 aliphatic rings. The van der Waals surface area contributed by atoms with Gasteiger partial charge in [0.1, 0.15) is 5.69 Å². The van der Waals surface area contributed by atoms with Crippen molar-refractivity contribution in [3.8, 4) is 0 Å². The molecule has 2 aromatic heterocycles. The molecule has 0 aliphatic carbocycles. The van der Waals surface area contributed by atoms with Crippen LogP contribution < -0.4 is 10.6 Å². The molecule has 0 saturated carbocycles. The fourth-order valence-corrected chi connectivity index (χ4v) is 2.27. The zero-order valence-electron chi connectivity index (χ0n) is 13.7. The lowest BCUT2D eigenvalue weighted by atomic mass is 10.3. The van der Waals surface area contributed by atoms with Crippen molar-refractivity contribution in [2.75, 3.05) is 13.1 Å². The summed E-state index contributed by atoms with van der Waals surface area (Å²) in [6.45, 7) is 5.20. The van der Waals surface area contributed by atoms with Crippen molar-refractivity contribution in [3.05, 3.63) is 35.4 Å². The lowest BCUT2D eigenvalue weighted by molar-refractivity contribution is -0.120. The van der Waals surface area contributed by atoms with Crippen molar-refractivity contribution in [1.29, 1.82) is 0 Å². The van der Waals surface area contributed by atoms with Gasteiger partial charge in [0.2, 0.25) is 5.91 Å². The number of aromatic nitrogens is 4. The normalized spacial score (nSPS) is 10.6. The van der Waals surface area contributed by atoms with E-state index in [1.54, 1.807) is 13.1 Å². The zero-order valence-corrected chi connectivity index (χ0v) is 13.7. The number of nitrogens with one attached hydrogen (secondary N) is 2. The molecule has 8 heteroatoms. The van der Waals surface area contributed by atoms with Crippen LogP contribution in [-0.2, 0) is 18.4 Å². The third-order valence-electron chi connectivity index (χ3n) is 3.44. The first-order valence-corrected chi connectivity index (χ1v) is 7.51. The summed E-state index contributed by atoms with van der Waals surface area (Å²) < 4.78 is 3.38. The van der Waals surface area contributed by atoms with Gasteiger partial charge in [0.25, 0.3) is 5.91 Å². The summed E-state index contributed by atoms with van der Waals surface area (Å²) in [6.07, 6.45) is 2.32. The standard InChI is InChI=1S/C15H22N6O2/c1-11-9-12(2)21(19-11)8-4-6-16-14(22)10-17-15(23)13-5-7-18-20(13)3/h5,7,9H,4,6,8,10H2,1-3H3,(H,16,22)(H,17,23). The Hall–Kier alpha value is -2.64. The van der Waals surface area contributed by atoms with E-state index in [4.69, 9.17) is 0 Å². The van der Waals surface area contributed by atoms with Crippen LogP contribution in [0.1, 0.15) is 28.3 Å². The number of amides is 2. The van der Waals surface area contributed by atoms with Gasteiger partial charge < -0.3 is 10.6 Å². The predicted octanol–water partition coefficient (Wildman–Crippen LogP) is 0.170. The van der Waals surface area contributed by atoms with E-state index in [0.29, 0.717) is 12.2 Å². The number of carbonyl (C=O) groups excluding carboxylic acids is 2. The van der Waals surface area contributed by atoms with Crippen LogP contribution in [0, 0.1) is 13.8 Å². The van der Waals surface area contributed by atoms with E-state index in [0.717, 1.165) is 24.4 Å². The first-order valence-electron chi connectivity index (χ1n) is 7.51. The maximum atomic E-state index is 11.8. The highest BCUT2D eigenvalue weighted by Crippen LogP contribution is 2.02. The summed E-state index contributed by atoms with van der Waals surface area (Å²) in [7, 11) is 1.67. The third-order valence-corrected chi connectivity index (χ3v) is 3.44. The third kappa shape index (κ3) is 4.67. The monoisotopic (exact) mass is 318 g/mol. The first-order chi connectivity index (χ1) is 11.0. The van der Waals surface area contributed by atoms with Crippen LogP contribution in [0.5, 0.6) is 0 Å². The molecule has 0 spiro atoms. The lowest BCUT2D eigenvalue weighted by Gasteiger charge is -2.08. The van der Waals surface area contributed by atoms with Gasteiger partial charge in [-0.05, 0) is 32.4 Å². The lowest BCUT2D eigenvalue weighted by Crippen LogP contribution is -2.38. The summed E-state index contributed by atoms with van der Waals surface area (Å²) >= 11 is 0. The van der Waals surface area contributed by atoms with Crippen molar-refractivity contribution >= 4 is 11.8 Å². The van der Waals surface area contributed by atoms with Gasteiger partial charge in [-0.15, -0.1) is 0 Å². The molecule has 2 aromatic rings. The van der Waals surface area contributed by atoms with Crippen molar-refractivity contribution in [2.24, 2.45) is 7.05 Å². The highest BCUT2D eigenvalue weighted by Gasteiger charge is 2.10. The molecule has 2 N–H and O–H groups in total. The average Bonchev–Trinajstić information content (AvgIpc) is 3.06. The molecular weight excluding hydrogens is 296 g/mol. The van der Waals surface area contributed by atoms with Gasteiger partial charge in [-0.2, -0.15) is 10.2 Å². The van der Waals surface area contributed by atoms with Gasteiger partial charge in [-0.3, -0.25) is 19.0 Å². The van der Waals surface area contributed by atoms with E-state index in [2.05, 4.69) is 20.8 Å². The minimum Gasteiger partial charge on any atom is -0.355 e. The van der Waals surface area contributed by atoms with Crippen LogP contribution >= 0.6 is 0 Å². The molecule has 124 valence electrons. The van der Waals surface area contributed by atoms with Crippen LogP contribution in [0.25, 0.3) is 0 Å². The van der Waals surface area contributed by atoms with Gasteiger partial charge in [0, 0.05) is 32.0 Å². The quantitative estimate of drug-likeness (QED) is 0.712. The molecule has 0 aliphatic heterocycles. The smallest absolute Gasteiger partial charge is 0.269 e. The number of nitrogens with zero attached hydrogens (tertiary/aromatic N) is 4. The van der Waals surface area contributed by atoms with Crippen LogP contribution in [0.3, 0.4) is 0 Å². The van der Waals surface area contributed by atoms with Crippen LogP contribution in [-0.4, -0.2) is 44.5 Å². The largest absolute Gasteiger partial charge is 0.355 e. The van der Waals surface area contributed by atoms with Gasteiger partial charge in [0.15, 0.2) is 0 Å². The minimum absolute atomic E-state index is 0.0517. The predicted molar refractivity (Wildman–Crippen MR) is 84.9 cm³/mol. The molecule has 0 aromatic carbocycles. The van der Waals surface area contributed by atoms with Gasteiger partial charge in [0.05, 0.1) is 12.2 Å². The Morgan fingerprint density at radius 3 is 2.65 bits per heavy atom. The zero-order chi connectivity index (χ0) is 16.8. The van der Waals surface area contributed by atoms with E-state index in [1.807, 2.05) is 24.6 Å². The number of rotatable bonds is 7. The second-order valence-electron chi connectivity index (χ2n) is 5.38. The SMILES string of the molecule is Cc1cc(C)n(CCCNC(=O)CNC(=O)c2ccnn2C)n1. The number of carbonyl (C=O) groups is 2. The molecule has 0 unspecified atom stereocenters. The summed E-state index contributed by atoms with van der Waals surface area (Å²) in [5.41, 5.74) is 2.52. The second-order valence-corrected chi connectivity index (χ2v) is 5.38. The maximum absolute atomic E-state index is 11.8. The molecule has 2 amide bonds. The summed E-state index contributed by atoms with van der Waals surface area (Å²) in [4.78, 5) is 23.5. The Labute approximate surface area is 134 Å². The number of hydrogen-bond acceptors (Lipinski definition) is 4. The molecule has 0 radical (unpaired) electrons. The van der Waals surface area contributed by atoms with Crippen LogP contribution in [0.2, 0.25) is 0 Å². The van der Waals surface area contributed by atoms with E-state index in [-0.39, 0.29) is 18.4 Å². The molecular formula is C15H22N6O2. The van der Waals surface area contributed by atoms with E-state index in [1.165, 1.54) is 10.9 Å². The van der Waals surface area contributed by atoms with E-state index in [9.17, 15) is 9.59 Å². The molecule has 0 saturated heterocycles. The van der Waals surface area contributed by atoms with Crippen molar-refractivity contribution in [1.82, 2.24) is 30.2 Å². The molecule has 0 bridgehead atoms. The Kier molecular flexibility index (Phi) is 5.51. The molecule has 0 fully saturated rings. The summed E-state index contributed by atoms with van der Waals surface area (Å²) in [5.74, 6) is -0.531. The molecule has 0 atom stereocenters. The average molecular weight is 318 g/mol. The molecule has 2 rings (SSSR count). The van der Waals surface area contributed by atoms with Crippen LogP contribution in [0.4, 0.5) is 0 Å². The Morgan fingerprint density at radius 1 is 1.26 bits per heavy atom. The second kappa shape index (κ2) is 7.57. The maximum Gasteiger partial charge on any atom is 0.269 e. The molecule has 23 heavy (non-hydrogen) atoms. The summed E-state index contributed by atoms with van der Waals surface area (Å²) in [6, 6.07) is 3.62. The highest BCUT2D eigenvalue weighted by molar-refractivity contribution is 5.94. The van der Waals surface area contributed by atoms with E-state index >= 15 is 0 Å². The topological polar surface area (TPSA) is 93.8 Å². The van der Waals surface area contributed by atoms with Crippen molar-refractivity contribution in [3.63, 3.8) is 0 Å². The fraction of sp³-hybridized carbons (Fsp3) is 0.467. The van der Waals surface area contributed by atoms with E-state index < -0.39 is 0 Å². The summed E-state index contributed by atoms with van der Waals surface area (Å²) in [5, 5.41) is 13.6.